The average molecular weight is 115 g/mol. The molecule has 1 radical (unpaired) electrons. The van der Waals surface area contributed by atoms with E-state index in [2.05, 4.69) is 20.8 Å². The standard InChI is InChI=1S/C7H15O/c1-4-6-8-7(3)5-2/h7H,3-6H2,1-2H3. The molecule has 0 aromatic rings. The van der Waals surface area contributed by atoms with Crippen molar-refractivity contribution in [2.75, 3.05) is 6.61 Å². The van der Waals surface area contributed by atoms with Gasteiger partial charge in [0.2, 0.25) is 0 Å². The van der Waals surface area contributed by atoms with E-state index in [1.807, 2.05) is 0 Å². The monoisotopic (exact) mass is 115 g/mol. The Morgan fingerprint density at radius 3 is 2.50 bits per heavy atom. The molecule has 0 aromatic carbocycles. The van der Waals surface area contributed by atoms with Gasteiger partial charge in [-0.15, -0.1) is 0 Å². The molecule has 1 atom stereocenters. The van der Waals surface area contributed by atoms with Crippen molar-refractivity contribution in [2.45, 2.75) is 32.8 Å². The van der Waals surface area contributed by atoms with Crippen LogP contribution < -0.4 is 0 Å². The first-order valence-electron chi connectivity index (χ1n) is 3.26. The Labute approximate surface area is 52.0 Å². The lowest BCUT2D eigenvalue weighted by atomic mass is 10.3. The summed E-state index contributed by atoms with van der Waals surface area (Å²) < 4.78 is 5.23. The summed E-state index contributed by atoms with van der Waals surface area (Å²) in [6.07, 6.45) is 2.31. The second kappa shape index (κ2) is 5.10. The molecule has 0 bridgehead atoms. The number of ether oxygens (including phenoxy) is 1. The Balaban J connectivity index is 2.86. The maximum absolute atomic E-state index is 5.23. The molecule has 0 aliphatic rings. The summed E-state index contributed by atoms with van der Waals surface area (Å²) in [4.78, 5) is 0. The third-order valence-corrected chi connectivity index (χ3v) is 1.01. The highest BCUT2D eigenvalue weighted by Crippen LogP contribution is 1.94. The fraction of sp³-hybridized carbons (Fsp3) is 0.857. The zero-order chi connectivity index (χ0) is 6.41. The molecule has 0 heterocycles. The average Bonchev–Trinajstić information content (AvgIpc) is 1.83. The number of hydrogen-bond acceptors (Lipinski definition) is 1. The van der Waals surface area contributed by atoms with Crippen LogP contribution in [0.1, 0.15) is 26.7 Å². The van der Waals surface area contributed by atoms with Crippen LogP contribution in [0.15, 0.2) is 0 Å². The molecule has 0 saturated heterocycles. The highest BCUT2D eigenvalue weighted by molar-refractivity contribution is 4.54. The first-order valence-corrected chi connectivity index (χ1v) is 3.26. The van der Waals surface area contributed by atoms with E-state index in [0.717, 1.165) is 19.4 Å². The normalized spacial score (nSPS) is 13.9. The molecule has 1 heteroatoms. The fourth-order valence-corrected chi connectivity index (χ4v) is 0.402. The predicted octanol–water partition coefficient (Wildman–Crippen LogP) is 2.03. The maximum atomic E-state index is 5.23. The van der Waals surface area contributed by atoms with Crippen molar-refractivity contribution >= 4 is 0 Å². The second-order valence-corrected chi connectivity index (χ2v) is 1.90. The molecule has 0 fully saturated rings. The van der Waals surface area contributed by atoms with E-state index in [4.69, 9.17) is 4.74 Å². The summed E-state index contributed by atoms with van der Waals surface area (Å²) in [7, 11) is 0. The van der Waals surface area contributed by atoms with Crippen LogP contribution in [-0.2, 0) is 4.74 Å². The quantitative estimate of drug-likeness (QED) is 0.544. The van der Waals surface area contributed by atoms with Crippen molar-refractivity contribution in [1.29, 1.82) is 0 Å². The van der Waals surface area contributed by atoms with Gasteiger partial charge in [-0.25, -0.2) is 0 Å². The van der Waals surface area contributed by atoms with Crippen LogP contribution >= 0.6 is 0 Å². The van der Waals surface area contributed by atoms with Crippen molar-refractivity contribution in [1.82, 2.24) is 0 Å². The minimum atomic E-state index is 0.204. The van der Waals surface area contributed by atoms with Crippen LogP contribution in [0.3, 0.4) is 0 Å². The van der Waals surface area contributed by atoms with E-state index < -0.39 is 0 Å². The lowest BCUT2D eigenvalue weighted by Gasteiger charge is -2.07. The Morgan fingerprint density at radius 1 is 1.50 bits per heavy atom. The fourth-order valence-electron chi connectivity index (χ4n) is 0.402. The summed E-state index contributed by atoms with van der Waals surface area (Å²) in [6, 6.07) is 0. The van der Waals surface area contributed by atoms with Crippen molar-refractivity contribution in [3.05, 3.63) is 6.92 Å². The Kier molecular flexibility index (Phi) is 5.08. The van der Waals surface area contributed by atoms with Gasteiger partial charge in [-0.1, -0.05) is 13.8 Å². The predicted molar refractivity (Wildman–Crippen MR) is 35.7 cm³/mol. The Bertz CT molecular complexity index is 43.7. The first-order chi connectivity index (χ1) is 3.81. The first kappa shape index (κ1) is 7.96. The van der Waals surface area contributed by atoms with Gasteiger partial charge in [0, 0.05) is 6.61 Å². The minimum absolute atomic E-state index is 0.204. The van der Waals surface area contributed by atoms with E-state index in [1.54, 1.807) is 0 Å². The summed E-state index contributed by atoms with van der Waals surface area (Å²) in [5.41, 5.74) is 0. The number of rotatable bonds is 4. The zero-order valence-corrected chi connectivity index (χ0v) is 5.81. The van der Waals surface area contributed by atoms with Gasteiger partial charge in [0.15, 0.2) is 0 Å². The van der Waals surface area contributed by atoms with Gasteiger partial charge in [-0.2, -0.15) is 0 Å². The zero-order valence-electron chi connectivity index (χ0n) is 5.81. The second-order valence-electron chi connectivity index (χ2n) is 1.90. The lowest BCUT2D eigenvalue weighted by Crippen LogP contribution is -2.06. The van der Waals surface area contributed by atoms with Gasteiger partial charge < -0.3 is 4.74 Å². The molecular formula is C7H15O. The SMILES string of the molecule is [CH2]C(CC)OCCC. The molecule has 0 saturated carbocycles. The molecule has 1 nitrogen and oxygen atoms in total. The van der Waals surface area contributed by atoms with Gasteiger partial charge >= 0.3 is 0 Å². The Morgan fingerprint density at radius 2 is 2.12 bits per heavy atom. The van der Waals surface area contributed by atoms with Crippen molar-refractivity contribution in [2.24, 2.45) is 0 Å². The molecule has 0 spiro atoms. The largest absolute Gasteiger partial charge is 0.378 e. The van der Waals surface area contributed by atoms with Crippen LogP contribution in [-0.4, -0.2) is 12.7 Å². The highest BCUT2D eigenvalue weighted by Gasteiger charge is 1.93. The van der Waals surface area contributed by atoms with Crippen LogP contribution in [0.5, 0.6) is 0 Å². The van der Waals surface area contributed by atoms with E-state index in [0.29, 0.717) is 0 Å². The van der Waals surface area contributed by atoms with Gasteiger partial charge in [-0.3, -0.25) is 0 Å². The molecule has 0 aliphatic heterocycles. The minimum Gasteiger partial charge on any atom is -0.378 e. The molecule has 0 aromatic heterocycles. The van der Waals surface area contributed by atoms with E-state index in [-0.39, 0.29) is 6.10 Å². The lowest BCUT2D eigenvalue weighted by molar-refractivity contribution is 0.0814. The number of hydrogen-bond donors (Lipinski definition) is 0. The van der Waals surface area contributed by atoms with E-state index >= 15 is 0 Å². The molecule has 1 unspecified atom stereocenters. The Hall–Kier alpha value is -0.0400. The molecule has 0 rings (SSSR count). The van der Waals surface area contributed by atoms with Gasteiger partial charge in [0.25, 0.3) is 0 Å². The molecule has 0 N–H and O–H groups in total. The third kappa shape index (κ3) is 4.13. The van der Waals surface area contributed by atoms with Crippen LogP contribution in [0.2, 0.25) is 0 Å². The highest BCUT2D eigenvalue weighted by atomic mass is 16.5. The van der Waals surface area contributed by atoms with Crippen LogP contribution in [0.25, 0.3) is 0 Å². The van der Waals surface area contributed by atoms with Gasteiger partial charge in [0.1, 0.15) is 0 Å². The molecule has 0 aliphatic carbocycles. The smallest absolute Gasteiger partial charge is 0.0573 e. The topological polar surface area (TPSA) is 9.23 Å². The summed E-state index contributed by atoms with van der Waals surface area (Å²) in [6.45, 7) is 8.80. The van der Waals surface area contributed by atoms with Gasteiger partial charge in [-0.05, 0) is 19.8 Å². The summed E-state index contributed by atoms with van der Waals surface area (Å²) in [5.74, 6) is 0. The van der Waals surface area contributed by atoms with Crippen LogP contribution in [0, 0.1) is 6.92 Å². The van der Waals surface area contributed by atoms with Crippen molar-refractivity contribution in [3.8, 4) is 0 Å². The third-order valence-electron chi connectivity index (χ3n) is 1.01. The molecule has 8 heavy (non-hydrogen) atoms. The molecule has 0 amide bonds. The van der Waals surface area contributed by atoms with Crippen molar-refractivity contribution in [3.63, 3.8) is 0 Å². The van der Waals surface area contributed by atoms with Crippen LogP contribution in [0.4, 0.5) is 0 Å². The summed E-state index contributed by atoms with van der Waals surface area (Å²) >= 11 is 0. The van der Waals surface area contributed by atoms with E-state index in [9.17, 15) is 0 Å². The van der Waals surface area contributed by atoms with Crippen molar-refractivity contribution < 1.29 is 4.74 Å². The van der Waals surface area contributed by atoms with E-state index in [1.165, 1.54) is 0 Å². The molecular weight excluding hydrogens is 100 g/mol. The maximum Gasteiger partial charge on any atom is 0.0573 e. The molecule has 49 valence electrons. The summed E-state index contributed by atoms with van der Waals surface area (Å²) in [5, 5.41) is 0. The van der Waals surface area contributed by atoms with Gasteiger partial charge in [0.05, 0.1) is 6.10 Å².